The van der Waals surface area contributed by atoms with E-state index in [9.17, 15) is 19.2 Å². The normalized spacial score (nSPS) is 11.0. The third-order valence-electron chi connectivity index (χ3n) is 4.64. The zero-order valence-electron chi connectivity index (χ0n) is 18.5. The number of H-pyrrole nitrogens is 1. The molecule has 0 unspecified atom stereocenters. The number of hydrogen-bond donors (Lipinski definition) is 2. The van der Waals surface area contributed by atoms with Gasteiger partial charge >= 0.3 is 11.7 Å². The number of esters is 1. The molecule has 0 spiro atoms. The SMILES string of the molecule is CCCCn1c(N)c(N(CCOC)C(=O)COC(=O)/C=C/c2cccc(Cl)c2)c(=O)[nH]c1=O. The molecule has 0 aliphatic rings. The lowest BCUT2D eigenvalue weighted by Crippen LogP contribution is -2.44. The van der Waals surface area contributed by atoms with Crippen LogP contribution < -0.4 is 21.9 Å². The van der Waals surface area contributed by atoms with Gasteiger partial charge in [0, 0.05) is 31.3 Å². The number of rotatable bonds is 11. The number of nitrogen functional groups attached to an aromatic ring is 1. The Morgan fingerprint density at radius 1 is 1.30 bits per heavy atom. The minimum absolute atomic E-state index is 0.0372. The zero-order chi connectivity index (χ0) is 24.4. The molecule has 3 N–H and O–H groups in total. The lowest BCUT2D eigenvalue weighted by molar-refractivity contribution is -0.142. The van der Waals surface area contributed by atoms with Crippen molar-refractivity contribution in [1.82, 2.24) is 9.55 Å². The fourth-order valence-electron chi connectivity index (χ4n) is 2.95. The van der Waals surface area contributed by atoms with Gasteiger partial charge in [-0.2, -0.15) is 0 Å². The fraction of sp³-hybridized carbons (Fsp3) is 0.364. The summed E-state index contributed by atoms with van der Waals surface area (Å²) in [5.74, 6) is -1.60. The van der Waals surface area contributed by atoms with Gasteiger partial charge in [-0.3, -0.25) is 24.0 Å². The second-order valence-electron chi connectivity index (χ2n) is 7.03. The van der Waals surface area contributed by atoms with Crippen molar-refractivity contribution in [1.29, 1.82) is 0 Å². The molecule has 0 atom stereocenters. The van der Waals surface area contributed by atoms with Crippen molar-refractivity contribution in [3.8, 4) is 0 Å². The van der Waals surface area contributed by atoms with Crippen LogP contribution in [-0.2, 0) is 25.6 Å². The number of nitrogens with two attached hydrogens (primary N) is 1. The number of ether oxygens (including phenoxy) is 2. The van der Waals surface area contributed by atoms with E-state index in [1.54, 1.807) is 24.3 Å². The summed E-state index contributed by atoms with van der Waals surface area (Å²) in [7, 11) is 1.43. The van der Waals surface area contributed by atoms with Gasteiger partial charge in [-0.25, -0.2) is 9.59 Å². The first-order valence-corrected chi connectivity index (χ1v) is 10.7. The first kappa shape index (κ1) is 25.9. The van der Waals surface area contributed by atoms with Crippen molar-refractivity contribution >= 4 is 41.1 Å². The molecule has 0 radical (unpaired) electrons. The molecule has 0 bridgehead atoms. The maximum atomic E-state index is 12.8. The topological polar surface area (TPSA) is 137 Å². The summed E-state index contributed by atoms with van der Waals surface area (Å²) in [6.45, 7) is 1.62. The smallest absolute Gasteiger partial charge is 0.331 e. The highest BCUT2D eigenvalue weighted by molar-refractivity contribution is 6.30. The van der Waals surface area contributed by atoms with Gasteiger partial charge in [-0.15, -0.1) is 0 Å². The number of carbonyl (C=O) groups is 2. The molecule has 1 aromatic heterocycles. The molecule has 0 fully saturated rings. The molecule has 0 saturated carbocycles. The molecule has 0 aliphatic heterocycles. The van der Waals surface area contributed by atoms with Crippen LogP contribution in [-0.4, -0.2) is 48.3 Å². The quantitative estimate of drug-likeness (QED) is 0.371. The maximum Gasteiger partial charge on any atom is 0.331 e. The number of aromatic amines is 1. The van der Waals surface area contributed by atoms with Crippen LogP contribution in [0.15, 0.2) is 39.9 Å². The van der Waals surface area contributed by atoms with Gasteiger partial charge in [0.05, 0.1) is 6.61 Å². The van der Waals surface area contributed by atoms with Gasteiger partial charge in [-0.05, 0) is 30.2 Å². The van der Waals surface area contributed by atoms with Crippen molar-refractivity contribution in [2.75, 3.05) is 37.5 Å². The summed E-state index contributed by atoms with van der Waals surface area (Å²) in [6, 6.07) is 6.83. The Morgan fingerprint density at radius 2 is 2.06 bits per heavy atom. The van der Waals surface area contributed by atoms with Crippen molar-refractivity contribution in [3.63, 3.8) is 0 Å². The van der Waals surface area contributed by atoms with Crippen LogP contribution in [0.1, 0.15) is 25.3 Å². The van der Waals surface area contributed by atoms with Gasteiger partial charge < -0.3 is 15.2 Å². The summed E-state index contributed by atoms with van der Waals surface area (Å²) < 4.78 is 11.2. The lowest BCUT2D eigenvalue weighted by Gasteiger charge is -2.24. The van der Waals surface area contributed by atoms with Crippen LogP contribution in [0.2, 0.25) is 5.02 Å². The van der Waals surface area contributed by atoms with Crippen LogP contribution in [0.3, 0.4) is 0 Å². The second kappa shape index (κ2) is 12.6. The lowest BCUT2D eigenvalue weighted by atomic mass is 10.2. The number of methoxy groups -OCH3 is 1. The number of halogens is 1. The average molecular weight is 479 g/mol. The number of aromatic nitrogens is 2. The summed E-state index contributed by atoms with van der Waals surface area (Å²) in [4.78, 5) is 52.8. The number of nitrogens with zero attached hydrogens (tertiary/aromatic N) is 2. The number of unbranched alkanes of at least 4 members (excludes halogenated alkanes) is 1. The molecular weight excluding hydrogens is 452 g/mol. The molecule has 1 heterocycles. The molecule has 0 aliphatic carbocycles. The van der Waals surface area contributed by atoms with E-state index in [1.807, 2.05) is 6.92 Å². The summed E-state index contributed by atoms with van der Waals surface area (Å²) in [5, 5.41) is 0.512. The van der Waals surface area contributed by atoms with Crippen LogP contribution in [0.5, 0.6) is 0 Å². The number of anilines is 2. The first-order valence-electron chi connectivity index (χ1n) is 10.3. The van der Waals surface area contributed by atoms with Crippen molar-refractivity contribution < 1.29 is 19.1 Å². The standard InChI is InChI=1S/C22H27ClN4O6/c1-3-4-10-27-20(24)19(21(30)25-22(27)31)26(11-12-32-2)17(28)14-33-18(29)9-8-15-6-5-7-16(23)13-15/h5-9,13H,3-4,10-12,14,24H2,1-2H3,(H,25,30,31)/b9-8+. The van der Waals surface area contributed by atoms with E-state index in [1.165, 1.54) is 17.8 Å². The van der Waals surface area contributed by atoms with Crippen LogP contribution in [0, 0.1) is 0 Å². The Hall–Kier alpha value is -3.37. The van der Waals surface area contributed by atoms with Crippen LogP contribution >= 0.6 is 11.6 Å². The summed E-state index contributed by atoms with van der Waals surface area (Å²) in [6.07, 6.45) is 4.10. The van der Waals surface area contributed by atoms with Gasteiger partial charge in [0.25, 0.3) is 11.5 Å². The van der Waals surface area contributed by atoms with E-state index >= 15 is 0 Å². The van der Waals surface area contributed by atoms with E-state index in [2.05, 4.69) is 4.98 Å². The van der Waals surface area contributed by atoms with Crippen molar-refractivity contribution in [2.24, 2.45) is 0 Å². The monoisotopic (exact) mass is 478 g/mol. The van der Waals surface area contributed by atoms with Crippen molar-refractivity contribution in [2.45, 2.75) is 26.3 Å². The van der Waals surface area contributed by atoms with Gasteiger partial charge in [0.1, 0.15) is 5.82 Å². The predicted octanol–water partition coefficient (Wildman–Crippen LogP) is 1.81. The van der Waals surface area contributed by atoms with Gasteiger partial charge in [-0.1, -0.05) is 37.1 Å². The Kier molecular flexibility index (Phi) is 9.89. The molecule has 2 aromatic rings. The third kappa shape index (κ3) is 7.33. The largest absolute Gasteiger partial charge is 0.452 e. The van der Waals surface area contributed by atoms with Gasteiger partial charge in [0.15, 0.2) is 12.3 Å². The zero-order valence-corrected chi connectivity index (χ0v) is 19.3. The molecule has 0 saturated heterocycles. The van der Waals surface area contributed by atoms with Crippen LogP contribution in [0.4, 0.5) is 11.5 Å². The van der Waals surface area contributed by atoms with E-state index in [0.717, 1.165) is 17.4 Å². The minimum Gasteiger partial charge on any atom is -0.452 e. The highest BCUT2D eigenvalue weighted by atomic mass is 35.5. The van der Waals surface area contributed by atoms with Crippen molar-refractivity contribution in [3.05, 3.63) is 61.8 Å². The maximum absolute atomic E-state index is 12.8. The molecule has 33 heavy (non-hydrogen) atoms. The molecule has 1 aromatic carbocycles. The highest BCUT2D eigenvalue weighted by Crippen LogP contribution is 2.17. The Bertz CT molecular complexity index is 1120. The predicted molar refractivity (Wildman–Crippen MR) is 126 cm³/mol. The van der Waals surface area contributed by atoms with E-state index < -0.39 is 29.7 Å². The highest BCUT2D eigenvalue weighted by Gasteiger charge is 2.24. The molecule has 178 valence electrons. The average Bonchev–Trinajstić information content (AvgIpc) is 2.78. The van der Waals surface area contributed by atoms with E-state index in [4.69, 9.17) is 26.8 Å². The Labute approximate surface area is 195 Å². The number of carbonyl (C=O) groups excluding carboxylic acids is 2. The third-order valence-corrected chi connectivity index (χ3v) is 4.87. The molecule has 1 amide bonds. The second-order valence-corrected chi connectivity index (χ2v) is 7.47. The number of amides is 1. The minimum atomic E-state index is -0.818. The first-order chi connectivity index (χ1) is 15.8. The fourth-order valence-corrected chi connectivity index (χ4v) is 3.15. The van der Waals surface area contributed by atoms with E-state index in [0.29, 0.717) is 17.0 Å². The summed E-state index contributed by atoms with van der Waals surface area (Å²) >= 11 is 5.90. The van der Waals surface area contributed by atoms with Gasteiger partial charge in [0.2, 0.25) is 0 Å². The molecular formula is C22H27ClN4O6. The molecule has 10 nitrogen and oxygen atoms in total. The number of hydrogen-bond acceptors (Lipinski definition) is 7. The van der Waals surface area contributed by atoms with E-state index in [-0.39, 0.29) is 31.2 Å². The Morgan fingerprint density at radius 3 is 2.73 bits per heavy atom. The molecule has 2 rings (SSSR count). The summed E-state index contributed by atoms with van der Waals surface area (Å²) in [5.41, 5.74) is 5.10. The number of nitrogens with one attached hydrogen (secondary N) is 1. The number of benzene rings is 1. The van der Waals surface area contributed by atoms with Crippen LogP contribution in [0.25, 0.3) is 6.08 Å². The molecule has 11 heteroatoms. The Balaban J connectivity index is 2.21.